The molecule has 0 amide bonds. The lowest BCUT2D eigenvalue weighted by Crippen LogP contribution is -2.63. The Hall–Kier alpha value is -0.120. The zero-order valence-electron chi connectivity index (χ0n) is 11.3. The lowest BCUT2D eigenvalue weighted by molar-refractivity contribution is -0.0950. The summed E-state index contributed by atoms with van der Waals surface area (Å²) in [6, 6.07) is 0. The number of nitrogens with zero attached hydrogens (tertiary/aromatic N) is 1. The normalized spacial score (nSPS) is 31.5. The number of likely N-dealkylation sites (N-methyl/N-ethyl adjacent to an activating group) is 1. The molecule has 96 valence electrons. The second-order valence-corrected chi connectivity index (χ2v) is 5.31. The van der Waals surface area contributed by atoms with E-state index in [0.29, 0.717) is 6.10 Å². The summed E-state index contributed by atoms with van der Waals surface area (Å²) in [5.74, 6) is 0.750. The van der Waals surface area contributed by atoms with Crippen LogP contribution in [-0.2, 0) is 4.74 Å². The van der Waals surface area contributed by atoms with Gasteiger partial charge in [0.1, 0.15) is 0 Å². The van der Waals surface area contributed by atoms with Gasteiger partial charge in [0, 0.05) is 25.2 Å². The SMILES string of the molecule is CCOC1CC(CN)(N(C)CC(C)CC)C1. The molecule has 3 heteroatoms. The Morgan fingerprint density at radius 3 is 2.50 bits per heavy atom. The van der Waals surface area contributed by atoms with Gasteiger partial charge in [0.25, 0.3) is 0 Å². The molecule has 1 aliphatic carbocycles. The molecule has 0 aromatic rings. The van der Waals surface area contributed by atoms with Gasteiger partial charge in [0.15, 0.2) is 0 Å². The van der Waals surface area contributed by atoms with Gasteiger partial charge >= 0.3 is 0 Å². The summed E-state index contributed by atoms with van der Waals surface area (Å²) in [5.41, 5.74) is 6.16. The third kappa shape index (κ3) is 2.96. The third-order valence-corrected chi connectivity index (χ3v) is 4.09. The van der Waals surface area contributed by atoms with Crippen LogP contribution in [0.1, 0.15) is 40.0 Å². The molecular weight excluding hydrogens is 200 g/mol. The summed E-state index contributed by atoms with van der Waals surface area (Å²) >= 11 is 0. The van der Waals surface area contributed by atoms with Crippen LogP contribution in [0.2, 0.25) is 0 Å². The van der Waals surface area contributed by atoms with Crippen LogP contribution in [0.15, 0.2) is 0 Å². The van der Waals surface area contributed by atoms with Gasteiger partial charge in [0.05, 0.1) is 6.10 Å². The topological polar surface area (TPSA) is 38.5 Å². The van der Waals surface area contributed by atoms with E-state index < -0.39 is 0 Å². The summed E-state index contributed by atoms with van der Waals surface area (Å²) < 4.78 is 5.63. The Morgan fingerprint density at radius 2 is 2.06 bits per heavy atom. The molecule has 16 heavy (non-hydrogen) atoms. The quantitative estimate of drug-likeness (QED) is 0.723. The molecule has 1 aliphatic rings. The van der Waals surface area contributed by atoms with Gasteiger partial charge < -0.3 is 10.5 Å². The van der Waals surface area contributed by atoms with Crippen molar-refractivity contribution in [1.29, 1.82) is 0 Å². The fraction of sp³-hybridized carbons (Fsp3) is 1.00. The van der Waals surface area contributed by atoms with E-state index in [2.05, 4.69) is 32.7 Å². The number of rotatable bonds is 7. The van der Waals surface area contributed by atoms with E-state index in [0.717, 1.165) is 38.5 Å². The first-order valence-electron chi connectivity index (χ1n) is 6.60. The molecule has 1 atom stereocenters. The van der Waals surface area contributed by atoms with Gasteiger partial charge in [-0.2, -0.15) is 0 Å². The fourth-order valence-electron chi connectivity index (χ4n) is 2.57. The van der Waals surface area contributed by atoms with E-state index >= 15 is 0 Å². The molecular formula is C13H28N2O. The van der Waals surface area contributed by atoms with Gasteiger partial charge in [-0.1, -0.05) is 20.3 Å². The highest BCUT2D eigenvalue weighted by molar-refractivity contribution is 5.03. The summed E-state index contributed by atoms with van der Waals surface area (Å²) in [5, 5.41) is 0. The lowest BCUT2D eigenvalue weighted by atomic mass is 9.72. The molecule has 1 unspecified atom stereocenters. The van der Waals surface area contributed by atoms with E-state index in [-0.39, 0.29) is 5.54 Å². The highest BCUT2D eigenvalue weighted by atomic mass is 16.5. The van der Waals surface area contributed by atoms with Crippen LogP contribution in [0.25, 0.3) is 0 Å². The van der Waals surface area contributed by atoms with Crippen molar-refractivity contribution < 1.29 is 4.74 Å². The number of ether oxygens (including phenoxy) is 1. The van der Waals surface area contributed by atoms with Gasteiger partial charge in [-0.25, -0.2) is 0 Å². The largest absolute Gasteiger partial charge is 0.378 e. The maximum atomic E-state index is 5.95. The summed E-state index contributed by atoms with van der Waals surface area (Å²) in [7, 11) is 2.21. The number of nitrogens with two attached hydrogens (primary N) is 1. The zero-order valence-corrected chi connectivity index (χ0v) is 11.3. The molecule has 0 saturated heterocycles. The van der Waals surface area contributed by atoms with Gasteiger partial charge in [-0.05, 0) is 32.7 Å². The first-order valence-corrected chi connectivity index (χ1v) is 6.60. The van der Waals surface area contributed by atoms with Crippen molar-refractivity contribution >= 4 is 0 Å². The van der Waals surface area contributed by atoms with Gasteiger partial charge in [0.2, 0.25) is 0 Å². The lowest BCUT2D eigenvalue weighted by Gasteiger charge is -2.53. The second-order valence-electron chi connectivity index (χ2n) is 5.31. The van der Waals surface area contributed by atoms with Crippen LogP contribution in [0.4, 0.5) is 0 Å². The Morgan fingerprint density at radius 1 is 1.44 bits per heavy atom. The Balaban J connectivity index is 2.43. The fourth-order valence-corrected chi connectivity index (χ4v) is 2.57. The van der Waals surface area contributed by atoms with Crippen LogP contribution in [0.5, 0.6) is 0 Å². The van der Waals surface area contributed by atoms with Crippen LogP contribution in [0, 0.1) is 5.92 Å². The minimum Gasteiger partial charge on any atom is -0.378 e. The number of hydrogen-bond donors (Lipinski definition) is 1. The van der Waals surface area contributed by atoms with Crippen molar-refractivity contribution in [1.82, 2.24) is 4.90 Å². The Kier molecular flexibility index (Phi) is 5.22. The first-order chi connectivity index (χ1) is 7.57. The minimum absolute atomic E-state index is 0.212. The molecule has 1 fully saturated rings. The van der Waals surface area contributed by atoms with Crippen molar-refractivity contribution in [3.05, 3.63) is 0 Å². The van der Waals surface area contributed by atoms with E-state index in [4.69, 9.17) is 10.5 Å². The Bertz CT molecular complexity index is 202. The van der Waals surface area contributed by atoms with Gasteiger partial charge in [-0.3, -0.25) is 4.90 Å². The Labute approximate surface area is 100 Å². The van der Waals surface area contributed by atoms with Crippen molar-refractivity contribution in [3.8, 4) is 0 Å². The van der Waals surface area contributed by atoms with Crippen molar-refractivity contribution in [2.24, 2.45) is 11.7 Å². The molecule has 0 spiro atoms. The average molecular weight is 228 g/mol. The first kappa shape index (κ1) is 13.9. The van der Waals surface area contributed by atoms with Crippen molar-refractivity contribution in [3.63, 3.8) is 0 Å². The number of hydrogen-bond acceptors (Lipinski definition) is 3. The van der Waals surface area contributed by atoms with E-state index in [1.165, 1.54) is 6.42 Å². The molecule has 0 aromatic carbocycles. The predicted octanol–water partition coefficient (Wildman–Crippen LogP) is 1.86. The van der Waals surface area contributed by atoms with Crippen LogP contribution in [-0.4, -0.2) is 43.3 Å². The average Bonchev–Trinajstić information content (AvgIpc) is 2.22. The second kappa shape index (κ2) is 5.99. The standard InChI is InChI=1S/C13H28N2O/c1-5-11(3)9-15(4)13(10-14)7-12(8-13)16-6-2/h11-12H,5-10,14H2,1-4H3. The summed E-state index contributed by atoms with van der Waals surface area (Å²) in [6.45, 7) is 9.33. The van der Waals surface area contributed by atoms with Crippen LogP contribution in [0.3, 0.4) is 0 Å². The van der Waals surface area contributed by atoms with Crippen molar-refractivity contribution in [2.75, 3.05) is 26.7 Å². The smallest absolute Gasteiger partial charge is 0.0611 e. The highest BCUT2D eigenvalue weighted by Crippen LogP contribution is 2.38. The van der Waals surface area contributed by atoms with E-state index in [1.807, 2.05) is 0 Å². The maximum absolute atomic E-state index is 5.95. The zero-order chi connectivity index (χ0) is 12.2. The molecule has 0 radical (unpaired) electrons. The predicted molar refractivity (Wildman–Crippen MR) is 68.5 cm³/mol. The molecule has 0 aliphatic heterocycles. The van der Waals surface area contributed by atoms with Gasteiger partial charge in [-0.15, -0.1) is 0 Å². The molecule has 0 aromatic heterocycles. The highest BCUT2D eigenvalue weighted by Gasteiger charge is 2.46. The molecule has 3 nitrogen and oxygen atoms in total. The van der Waals surface area contributed by atoms with E-state index in [9.17, 15) is 0 Å². The minimum atomic E-state index is 0.212. The third-order valence-electron chi connectivity index (χ3n) is 4.09. The van der Waals surface area contributed by atoms with Crippen molar-refractivity contribution in [2.45, 2.75) is 51.7 Å². The molecule has 2 N–H and O–H groups in total. The summed E-state index contributed by atoms with van der Waals surface area (Å²) in [6.07, 6.45) is 3.88. The monoisotopic (exact) mass is 228 g/mol. The summed E-state index contributed by atoms with van der Waals surface area (Å²) in [4.78, 5) is 2.46. The van der Waals surface area contributed by atoms with E-state index in [1.54, 1.807) is 0 Å². The molecule has 0 heterocycles. The maximum Gasteiger partial charge on any atom is 0.0611 e. The molecule has 1 saturated carbocycles. The molecule has 0 bridgehead atoms. The van der Waals surface area contributed by atoms with Crippen LogP contribution < -0.4 is 5.73 Å². The molecule has 1 rings (SSSR count). The van der Waals surface area contributed by atoms with Crippen LogP contribution >= 0.6 is 0 Å².